The lowest BCUT2D eigenvalue weighted by atomic mass is 9.46. The number of fused-ring (bicyclic) bond motifs is 1. The number of likely N-dealkylation sites (tertiary alicyclic amines) is 1. The topological polar surface area (TPSA) is 129 Å². The van der Waals surface area contributed by atoms with E-state index in [0.29, 0.717) is 24.2 Å². The Kier molecular flexibility index (Phi) is 4.66. The number of nitrogens with one attached hydrogen (secondary N) is 1. The number of nitrogens with zero attached hydrogens (tertiary/aromatic N) is 2. The SMILES string of the molecule is CNC(CO)C(=O)OC12CC3C[C@H](C1)CC([C@H](N)C(=O)N1C4CC4C[C@H]1C#N)(C3)C2. The number of carbonyl (C=O) groups is 2. The van der Waals surface area contributed by atoms with E-state index in [4.69, 9.17) is 10.5 Å². The van der Waals surface area contributed by atoms with Gasteiger partial charge in [0.05, 0.1) is 18.7 Å². The Morgan fingerprint density at radius 1 is 1.27 bits per heavy atom. The minimum atomic E-state index is -0.739. The van der Waals surface area contributed by atoms with Crippen LogP contribution in [-0.4, -0.2) is 65.3 Å². The monoisotopic (exact) mass is 416 g/mol. The maximum absolute atomic E-state index is 13.5. The van der Waals surface area contributed by atoms with Crippen LogP contribution in [0.3, 0.4) is 0 Å². The third-order valence-corrected chi connectivity index (χ3v) is 8.62. The summed E-state index contributed by atoms with van der Waals surface area (Å²) in [5.41, 5.74) is 5.74. The van der Waals surface area contributed by atoms with Crippen LogP contribution in [0.15, 0.2) is 0 Å². The highest BCUT2D eigenvalue weighted by Crippen LogP contribution is 2.64. The van der Waals surface area contributed by atoms with Crippen LogP contribution in [-0.2, 0) is 14.3 Å². The lowest BCUT2D eigenvalue weighted by Crippen LogP contribution is -2.66. The molecule has 1 heterocycles. The Bertz CT molecular complexity index is 776. The Labute approximate surface area is 177 Å². The van der Waals surface area contributed by atoms with Gasteiger partial charge in [0.25, 0.3) is 0 Å². The molecule has 6 aliphatic rings. The van der Waals surface area contributed by atoms with Crippen molar-refractivity contribution in [3.05, 3.63) is 0 Å². The lowest BCUT2D eigenvalue weighted by molar-refractivity contribution is -0.208. The van der Waals surface area contributed by atoms with Crippen LogP contribution < -0.4 is 11.1 Å². The molecule has 6 unspecified atom stereocenters. The molecule has 8 nitrogen and oxygen atoms in total. The third kappa shape index (κ3) is 2.97. The van der Waals surface area contributed by atoms with E-state index in [0.717, 1.165) is 44.9 Å². The van der Waals surface area contributed by atoms with Crippen molar-refractivity contribution in [2.45, 2.75) is 81.1 Å². The van der Waals surface area contributed by atoms with Gasteiger partial charge < -0.3 is 25.8 Å². The van der Waals surface area contributed by atoms with Gasteiger partial charge in [0.1, 0.15) is 17.7 Å². The Morgan fingerprint density at radius 3 is 2.57 bits per heavy atom. The number of rotatable bonds is 6. The van der Waals surface area contributed by atoms with Gasteiger partial charge in [-0.05, 0) is 81.6 Å². The van der Waals surface area contributed by atoms with E-state index in [1.54, 1.807) is 11.9 Å². The molecule has 5 aliphatic carbocycles. The highest BCUT2D eigenvalue weighted by molar-refractivity contribution is 5.84. The van der Waals surface area contributed by atoms with E-state index in [2.05, 4.69) is 11.4 Å². The summed E-state index contributed by atoms with van der Waals surface area (Å²) in [6.07, 6.45) is 6.88. The van der Waals surface area contributed by atoms with E-state index >= 15 is 0 Å². The number of piperidine rings is 1. The van der Waals surface area contributed by atoms with Gasteiger partial charge in [0, 0.05) is 6.04 Å². The molecule has 9 atom stereocenters. The van der Waals surface area contributed by atoms with Gasteiger partial charge in [0.2, 0.25) is 5.91 Å². The fraction of sp³-hybridized carbons (Fsp3) is 0.864. The number of hydrogen-bond donors (Lipinski definition) is 3. The zero-order valence-electron chi connectivity index (χ0n) is 17.5. The van der Waals surface area contributed by atoms with Crippen molar-refractivity contribution in [3.8, 4) is 6.07 Å². The van der Waals surface area contributed by atoms with Crippen LogP contribution in [0.5, 0.6) is 0 Å². The third-order valence-electron chi connectivity index (χ3n) is 8.62. The summed E-state index contributed by atoms with van der Waals surface area (Å²) in [4.78, 5) is 27.9. The molecule has 1 saturated heterocycles. The zero-order chi connectivity index (χ0) is 21.3. The largest absolute Gasteiger partial charge is 0.458 e. The number of likely N-dealkylation sites (N-methyl/N-ethyl adjacent to an activating group) is 1. The molecule has 0 radical (unpaired) electrons. The summed E-state index contributed by atoms with van der Waals surface area (Å²) in [7, 11) is 1.63. The number of nitrogens with two attached hydrogens (primary N) is 1. The average Bonchev–Trinajstić information content (AvgIpc) is 3.36. The normalized spacial score (nSPS) is 44.9. The van der Waals surface area contributed by atoms with E-state index in [1.165, 1.54) is 0 Å². The van der Waals surface area contributed by atoms with E-state index in [1.807, 2.05) is 0 Å². The van der Waals surface area contributed by atoms with E-state index in [9.17, 15) is 20.0 Å². The van der Waals surface area contributed by atoms with Gasteiger partial charge in [-0.1, -0.05) is 0 Å². The Morgan fingerprint density at radius 2 is 1.97 bits per heavy atom. The second kappa shape index (κ2) is 6.91. The quantitative estimate of drug-likeness (QED) is 0.531. The standard InChI is InChI=1S/C22H32N4O4/c1-25-16(10-27)20(29)30-22-7-12-2-13(8-22)6-21(5-12,11-22)18(24)19(28)26-15(9-23)3-14-4-17(14)26/h12-18,25,27H,2-8,10-11,24H2,1H3/t12-,13?,14?,15-,16?,17?,18+,21?,22?/m0/s1. The highest BCUT2D eigenvalue weighted by atomic mass is 16.6. The molecule has 1 amide bonds. The first-order valence-corrected chi connectivity index (χ1v) is 11.3. The molecule has 0 spiro atoms. The summed E-state index contributed by atoms with van der Waals surface area (Å²) >= 11 is 0. The van der Waals surface area contributed by atoms with Crippen molar-refractivity contribution in [3.63, 3.8) is 0 Å². The second-order valence-electron chi connectivity index (χ2n) is 10.6. The fourth-order valence-electron chi connectivity index (χ4n) is 7.61. The molecule has 4 bridgehead atoms. The number of amides is 1. The highest BCUT2D eigenvalue weighted by Gasteiger charge is 2.64. The van der Waals surface area contributed by atoms with E-state index in [-0.39, 0.29) is 30.0 Å². The number of aliphatic hydroxyl groups is 1. The molecule has 5 saturated carbocycles. The maximum Gasteiger partial charge on any atom is 0.326 e. The number of esters is 1. The van der Waals surface area contributed by atoms with Gasteiger partial charge in [0.15, 0.2) is 0 Å². The summed E-state index contributed by atoms with van der Waals surface area (Å²) < 4.78 is 6.05. The van der Waals surface area contributed by atoms with Gasteiger partial charge in [-0.25, -0.2) is 0 Å². The smallest absolute Gasteiger partial charge is 0.326 e. The maximum atomic E-state index is 13.5. The van der Waals surface area contributed by atoms with Crippen molar-refractivity contribution >= 4 is 11.9 Å². The minimum absolute atomic E-state index is 0.0848. The Balaban J connectivity index is 1.38. The van der Waals surface area contributed by atoms with Crippen molar-refractivity contribution in [2.24, 2.45) is 28.9 Å². The lowest BCUT2D eigenvalue weighted by Gasteiger charge is -2.62. The molecule has 4 N–H and O–H groups in total. The van der Waals surface area contributed by atoms with Crippen LogP contribution in [0, 0.1) is 34.5 Å². The van der Waals surface area contributed by atoms with Crippen molar-refractivity contribution in [1.82, 2.24) is 10.2 Å². The average molecular weight is 417 g/mol. The zero-order valence-corrected chi connectivity index (χ0v) is 17.5. The predicted molar refractivity (Wildman–Crippen MR) is 107 cm³/mol. The van der Waals surface area contributed by atoms with Crippen LogP contribution in [0.2, 0.25) is 0 Å². The minimum Gasteiger partial charge on any atom is -0.458 e. The van der Waals surface area contributed by atoms with Gasteiger partial charge in [-0.15, -0.1) is 0 Å². The number of aliphatic hydroxyl groups excluding tert-OH is 1. The van der Waals surface area contributed by atoms with Gasteiger partial charge in [-0.3, -0.25) is 9.59 Å². The van der Waals surface area contributed by atoms with Crippen molar-refractivity contribution in [1.29, 1.82) is 5.26 Å². The number of nitriles is 1. The number of carbonyl (C=O) groups excluding carboxylic acids is 2. The summed E-state index contributed by atoms with van der Waals surface area (Å²) in [6.45, 7) is -0.311. The molecule has 164 valence electrons. The molecule has 6 fully saturated rings. The molecule has 0 aromatic carbocycles. The first-order valence-electron chi connectivity index (χ1n) is 11.3. The number of ether oxygens (including phenoxy) is 1. The summed E-state index contributed by atoms with van der Waals surface area (Å²) in [5.74, 6) is 0.755. The van der Waals surface area contributed by atoms with Crippen molar-refractivity contribution in [2.75, 3.05) is 13.7 Å². The molecule has 6 rings (SSSR count). The number of hydrogen-bond acceptors (Lipinski definition) is 7. The fourth-order valence-corrected chi connectivity index (χ4v) is 7.61. The molecular formula is C22H32N4O4. The second-order valence-corrected chi connectivity index (χ2v) is 10.6. The van der Waals surface area contributed by atoms with E-state index < -0.39 is 23.7 Å². The molecule has 1 aliphatic heterocycles. The predicted octanol–water partition coefficient (Wildman–Crippen LogP) is 0.289. The summed E-state index contributed by atoms with van der Waals surface area (Å²) in [6, 6.07) is 0.733. The summed E-state index contributed by atoms with van der Waals surface area (Å²) in [5, 5.41) is 21.8. The van der Waals surface area contributed by atoms with Gasteiger partial charge in [-0.2, -0.15) is 5.26 Å². The Hall–Kier alpha value is -1.69. The van der Waals surface area contributed by atoms with Crippen LogP contribution in [0.4, 0.5) is 0 Å². The molecule has 8 heteroatoms. The molecule has 0 aromatic rings. The van der Waals surface area contributed by atoms with Crippen LogP contribution >= 0.6 is 0 Å². The van der Waals surface area contributed by atoms with Crippen LogP contribution in [0.1, 0.15) is 51.4 Å². The first-order chi connectivity index (χ1) is 14.3. The first kappa shape index (κ1) is 20.2. The van der Waals surface area contributed by atoms with Gasteiger partial charge >= 0.3 is 5.97 Å². The molecule has 30 heavy (non-hydrogen) atoms. The van der Waals surface area contributed by atoms with Crippen LogP contribution in [0.25, 0.3) is 0 Å². The molecule has 0 aromatic heterocycles. The van der Waals surface area contributed by atoms with Crippen molar-refractivity contribution < 1.29 is 19.4 Å². The molecular weight excluding hydrogens is 384 g/mol.